The summed E-state index contributed by atoms with van der Waals surface area (Å²) >= 11 is 0. The molecule has 0 atom stereocenters. The van der Waals surface area contributed by atoms with Crippen LogP contribution in [0.4, 0.5) is 0 Å². The zero-order valence-electron chi connectivity index (χ0n) is 20.9. The molecular formula is C21H48N4O6S2. The van der Waals surface area contributed by atoms with Gasteiger partial charge in [-0.25, -0.2) is 8.42 Å². The third kappa shape index (κ3) is 24.0. The van der Waals surface area contributed by atoms with Gasteiger partial charge in [0.2, 0.25) is 0 Å². The second kappa shape index (κ2) is 14.5. The lowest BCUT2D eigenvalue weighted by Gasteiger charge is -2.28. The van der Waals surface area contributed by atoms with Gasteiger partial charge in [0.25, 0.3) is 0 Å². The van der Waals surface area contributed by atoms with Gasteiger partial charge in [-0.2, -0.15) is 0 Å². The highest BCUT2D eigenvalue weighted by Gasteiger charge is 2.23. The molecule has 0 rings (SSSR count). The largest absolute Gasteiger partial charge is 0.293 e. The van der Waals surface area contributed by atoms with Crippen molar-refractivity contribution in [2.75, 3.05) is 25.6 Å². The average molecular weight is 517 g/mol. The number of unbranched alkanes of at least 4 members (excludes halogenated alkanes) is 10. The van der Waals surface area contributed by atoms with Gasteiger partial charge in [0, 0.05) is 25.9 Å². The van der Waals surface area contributed by atoms with Crippen molar-refractivity contribution in [2.24, 2.45) is 9.98 Å². The Labute approximate surface area is 200 Å². The second-order valence-electron chi connectivity index (χ2n) is 8.90. The molecule has 0 aromatic carbocycles. The Morgan fingerprint density at radius 3 is 1.03 bits per heavy atom. The fourth-order valence-corrected chi connectivity index (χ4v) is 4.84. The molecule has 0 unspecified atom stereocenters. The first kappa shape index (κ1) is 32.1. The summed E-state index contributed by atoms with van der Waals surface area (Å²) < 4.78 is 65.5. The minimum Gasteiger partial charge on any atom is -0.293 e. The van der Waals surface area contributed by atoms with Crippen molar-refractivity contribution in [3.63, 3.8) is 0 Å². The van der Waals surface area contributed by atoms with E-state index in [1.165, 1.54) is 19.3 Å². The monoisotopic (exact) mass is 516 g/mol. The van der Waals surface area contributed by atoms with E-state index >= 15 is 0 Å². The zero-order chi connectivity index (χ0) is 25.5. The fourth-order valence-electron chi connectivity index (χ4n) is 3.42. The Kier molecular flexibility index (Phi) is 14.1. The smallest absolute Gasteiger partial charge is 0.154 e. The van der Waals surface area contributed by atoms with Crippen molar-refractivity contribution in [2.45, 2.75) is 97.3 Å². The first-order valence-corrected chi connectivity index (χ1v) is 16.6. The van der Waals surface area contributed by atoms with E-state index in [2.05, 4.69) is 19.4 Å². The van der Waals surface area contributed by atoms with E-state index in [1.807, 2.05) is 13.8 Å². The Balaban J connectivity index is 3.77. The highest BCUT2D eigenvalue weighted by atomic mass is 32.3. The van der Waals surface area contributed by atoms with Crippen molar-refractivity contribution in [3.8, 4) is 0 Å². The van der Waals surface area contributed by atoms with Gasteiger partial charge in [0.1, 0.15) is 11.7 Å². The Bertz CT molecular complexity index is 674. The van der Waals surface area contributed by atoms with Crippen LogP contribution in [0.3, 0.4) is 0 Å². The molecule has 0 heterocycles. The second-order valence-corrected chi connectivity index (χ2v) is 14.2. The molecule has 0 amide bonds. The summed E-state index contributed by atoms with van der Waals surface area (Å²) in [6, 6.07) is 0. The summed E-state index contributed by atoms with van der Waals surface area (Å²) in [7, 11) is -9.55. The lowest BCUT2D eigenvalue weighted by atomic mass is 10.0. The van der Waals surface area contributed by atoms with Crippen LogP contribution in [0.1, 0.15) is 97.3 Å². The lowest BCUT2D eigenvalue weighted by molar-refractivity contribution is 0.389. The average Bonchev–Trinajstić information content (AvgIpc) is 2.62. The van der Waals surface area contributed by atoms with Crippen LogP contribution in [0.5, 0.6) is 0 Å². The molecule has 0 fully saturated rings. The molecule has 10 nitrogen and oxygen atoms in total. The summed E-state index contributed by atoms with van der Waals surface area (Å²) in [4.78, 5) is 8.30. The maximum atomic E-state index is 11.6. The minimum absolute atomic E-state index is 0.377. The number of hydrogen-bond donors (Lipinski definition) is 6. The van der Waals surface area contributed by atoms with Crippen LogP contribution in [0.15, 0.2) is 9.98 Å². The highest BCUT2D eigenvalue weighted by Crippen LogP contribution is 2.14. The van der Waals surface area contributed by atoms with Gasteiger partial charge in [-0.1, -0.05) is 57.8 Å². The molecule has 0 aromatic rings. The fraction of sp³-hybridized carbons (Fsp3) is 0.905. The van der Waals surface area contributed by atoms with Gasteiger partial charge in [-0.3, -0.25) is 37.6 Å². The van der Waals surface area contributed by atoms with Crippen LogP contribution < -0.4 is 9.44 Å². The third-order valence-corrected chi connectivity index (χ3v) is 6.14. The number of nitrogens with zero attached hydrogens (tertiary/aromatic N) is 2. The molecule has 0 spiro atoms. The molecular weight excluding hydrogens is 468 g/mol. The molecule has 0 saturated heterocycles. The zero-order valence-corrected chi connectivity index (χ0v) is 22.6. The Morgan fingerprint density at radius 2 is 0.818 bits per heavy atom. The summed E-state index contributed by atoms with van der Waals surface area (Å²) in [5.74, 6) is 0.753. The standard InChI is InChI=1S/C21H48N4O6S2/c1-5-22-20(24-32(3,26,27)28)18-16-14-12-10-8-7-9-11-13-15-17-19-21(23-6-2)25-33(4,29,30)31/h5-19H2,1-4H3,(H3,22,24,26,27,28)(H3,23,25,29,30,31). The van der Waals surface area contributed by atoms with Crippen molar-refractivity contribution in [3.05, 3.63) is 0 Å². The van der Waals surface area contributed by atoms with Crippen LogP contribution in [-0.2, 0) is 19.6 Å². The van der Waals surface area contributed by atoms with Crippen LogP contribution >= 0.6 is 0 Å². The van der Waals surface area contributed by atoms with E-state index in [4.69, 9.17) is 0 Å². The van der Waals surface area contributed by atoms with Gasteiger partial charge in [0.15, 0.2) is 19.6 Å². The van der Waals surface area contributed by atoms with E-state index in [1.54, 1.807) is 0 Å². The predicted molar refractivity (Wildman–Crippen MR) is 141 cm³/mol. The maximum Gasteiger partial charge on any atom is 0.154 e. The van der Waals surface area contributed by atoms with Crippen LogP contribution in [0.2, 0.25) is 0 Å². The topological polar surface area (TPSA) is 164 Å². The van der Waals surface area contributed by atoms with Crippen LogP contribution in [0.25, 0.3) is 0 Å². The van der Waals surface area contributed by atoms with Gasteiger partial charge >= 0.3 is 0 Å². The predicted octanol–water partition coefficient (Wildman–Crippen LogP) is 4.70. The molecule has 0 aliphatic heterocycles. The molecule has 0 aliphatic carbocycles. The molecule has 200 valence electrons. The summed E-state index contributed by atoms with van der Waals surface area (Å²) in [6.07, 6.45) is 14.6. The van der Waals surface area contributed by atoms with Gasteiger partial charge < -0.3 is 0 Å². The van der Waals surface area contributed by atoms with E-state index in [0.717, 1.165) is 63.9 Å². The van der Waals surface area contributed by atoms with Crippen molar-refractivity contribution >= 4 is 31.3 Å². The quantitative estimate of drug-likeness (QED) is 0.0878. The molecule has 6 N–H and O–H groups in total. The summed E-state index contributed by atoms with van der Waals surface area (Å²) in [5, 5.41) is 0. The molecule has 0 aliphatic rings. The van der Waals surface area contributed by atoms with Crippen molar-refractivity contribution in [1.82, 2.24) is 9.44 Å². The number of rotatable bonds is 18. The van der Waals surface area contributed by atoms with Crippen LogP contribution in [0, 0.1) is 0 Å². The SMILES string of the molecule is CCN=C(CCCCCCCCCCCCCC(=NCC)NS(C)(=O)(O)O)NS(C)(=O)(O)O. The molecule has 0 aromatic heterocycles. The third-order valence-electron chi connectivity index (χ3n) is 4.73. The first-order valence-electron chi connectivity index (χ1n) is 12.0. The maximum absolute atomic E-state index is 11.6. The molecule has 0 saturated carbocycles. The first-order chi connectivity index (χ1) is 15.1. The number of amidine groups is 2. The van der Waals surface area contributed by atoms with Gasteiger partial charge in [0.05, 0.1) is 12.5 Å². The van der Waals surface area contributed by atoms with Gasteiger partial charge in [-0.05, 0) is 26.7 Å². The van der Waals surface area contributed by atoms with Crippen molar-refractivity contribution < 1.29 is 26.6 Å². The van der Waals surface area contributed by atoms with Crippen LogP contribution in [-0.4, -0.2) is 63.9 Å². The highest BCUT2D eigenvalue weighted by molar-refractivity contribution is 8.08. The number of nitrogens with one attached hydrogen (secondary N) is 2. The summed E-state index contributed by atoms with van der Waals surface area (Å²) in [5.41, 5.74) is 0. The van der Waals surface area contributed by atoms with E-state index < -0.39 is 19.6 Å². The normalized spacial score (nSPS) is 16.0. The lowest BCUT2D eigenvalue weighted by Crippen LogP contribution is -2.48. The molecule has 0 bridgehead atoms. The van der Waals surface area contributed by atoms with E-state index in [-0.39, 0.29) is 0 Å². The van der Waals surface area contributed by atoms with Gasteiger partial charge in [-0.15, -0.1) is 0 Å². The molecule has 12 heteroatoms. The molecule has 33 heavy (non-hydrogen) atoms. The molecule has 0 radical (unpaired) electrons. The van der Waals surface area contributed by atoms with E-state index in [0.29, 0.717) is 37.6 Å². The number of aliphatic imine (C=N–C) groups is 2. The van der Waals surface area contributed by atoms with Crippen molar-refractivity contribution in [1.29, 1.82) is 0 Å². The Hall–Kier alpha value is -0.920. The van der Waals surface area contributed by atoms with E-state index in [9.17, 15) is 26.6 Å². The summed E-state index contributed by atoms with van der Waals surface area (Å²) in [6.45, 7) is 4.65. The minimum atomic E-state index is -4.77. The number of hydrogen-bond acceptors (Lipinski definition) is 4. The Morgan fingerprint density at radius 1 is 0.576 bits per heavy atom.